The van der Waals surface area contributed by atoms with Gasteiger partial charge < -0.3 is 10.2 Å². The number of likely N-dealkylation sites (tertiary alicyclic amines) is 1. The zero-order valence-corrected chi connectivity index (χ0v) is 14.4. The minimum Gasteiger partial charge on any atom is -0.343 e. The molecule has 2 saturated heterocycles. The molecular formula is C18H26ClFN2O. The summed E-state index contributed by atoms with van der Waals surface area (Å²) < 4.78 is 13.3. The molecule has 1 N–H and O–H groups in total. The average molecular weight is 341 g/mol. The van der Waals surface area contributed by atoms with E-state index in [4.69, 9.17) is 0 Å². The normalized spacial score (nSPS) is 25.2. The van der Waals surface area contributed by atoms with Crippen molar-refractivity contribution in [2.75, 3.05) is 26.2 Å². The van der Waals surface area contributed by atoms with Crippen molar-refractivity contribution < 1.29 is 9.18 Å². The van der Waals surface area contributed by atoms with Crippen LogP contribution in [-0.2, 0) is 4.79 Å². The molecule has 2 fully saturated rings. The number of halogens is 2. The van der Waals surface area contributed by atoms with Crippen molar-refractivity contribution in [3.63, 3.8) is 0 Å². The molecule has 3 nitrogen and oxygen atoms in total. The van der Waals surface area contributed by atoms with Gasteiger partial charge in [-0.15, -0.1) is 12.4 Å². The van der Waals surface area contributed by atoms with Gasteiger partial charge in [0.25, 0.3) is 0 Å². The number of hydrogen-bond donors (Lipinski definition) is 1. The van der Waals surface area contributed by atoms with Crippen LogP contribution in [0.3, 0.4) is 0 Å². The second-order valence-electron chi connectivity index (χ2n) is 6.80. The molecule has 0 bridgehead atoms. The molecule has 5 heteroatoms. The maximum atomic E-state index is 13.3. The van der Waals surface area contributed by atoms with E-state index in [-0.39, 0.29) is 30.0 Å². The Labute approximate surface area is 144 Å². The van der Waals surface area contributed by atoms with Crippen LogP contribution >= 0.6 is 12.4 Å². The lowest BCUT2D eigenvalue weighted by molar-refractivity contribution is -0.131. The molecule has 0 aliphatic carbocycles. The SMILES string of the molecule is CC(CC(=O)N1CC[C@@H]2CNC[C@@H]2CC1)c1cccc(F)c1.Cl. The van der Waals surface area contributed by atoms with Crippen LogP contribution in [0.25, 0.3) is 0 Å². The number of fused-ring (bicyclic) bond motifs is 1. The van der Waals surface area contributed by atoms with Gasteiger partial charge in [-0.2, -0.15) is 0 Å². The predicted molar refractivity (Wildman–Crippen MR) is 92.3 cm³/mol. The maximum absolute atomic E-state index is 13.3. The van der Waals surface area contributed by atoms with E-state index in [1.807, 2.05) is 17.9 Å². The van der Waals surface area contributed by atoms with E-state index in [0.717, 1.165) is 56.4 Å². The quantitative estimate of drug-likeness (QED) is 0.916. The summed E-state index contributed by atoms with van der Waals surface area (Å²) in [6, 6.07) is 6.60. The third-order valence-corrected chi connectivity index (χ3v) is 5.27. The molecule has 128 valence electrons. The molecule has 2 aliphatic rings. The highest BCUT2D eigenvalue weighted by atomic mass is 35.5. The first-order chi connectivity index (χ1) is 10.6. The van der Waals surface area contributed by atoms with Crippen LogP contribution in [0.4, 0.5) is 4.39 Å². The maximum Gasteiger partial charge on any atom is 0.223 e. The second kappa shape index (κ2) is 8.11. The summed E-state index contributed by atoms with van der Waals surface area (Å²) in [5, 5.41) is 3.46. The smallest absolute Gasteiger partial charge is 0.223 e. The number of benzene rings is 1. The van der Waals surface area contributed by atoms with Gasteiger partial charge in [-0.3, -0.25) is 4.79 Å². The van der Waals surface area contributed by atoms with E-state index in [1.165, 1.54) is 12.1 Å². The summed E-state index contributed by atoms with van der Waals surface area (Å²) in [6.45, 7) is 5.96. The number of amides is 1. The Morgan fingerprint density at radius 3 is 2.57 bits per heavy atom. The van der Waals surface area contributed by atoms with E-state index in [9.17, 15) is 9.18 Å². The molecule has 23 heavy (non-hydrogen) atoms. The Bertz CT molecular complexity index is 526. The first kappa shape index (κ1) is 18.2. The van der Waals surface area contributed by atoms with Gasteiger partial charge in [-0.1, -0.05) is 19.1 Å². The molecule has 1 amide bonds. The highest BCUT2D eigenvalue weighted by Gasteiger charge is 2.31. The molecule has 0 radical (unpaired) electrons. The Balaban J connectivity index is 0.00000192. The number of carbonyl (C=O) groups excluding carboxylic acids is 1. The van der Waals surface area contributed by atoms with Gasteiger partial charge in [-0.25, -0.2) is 4.39 Å². The molecule has 0 spiro atoms. The van der Waals surface area contributed by atoms with Crippen molar-refractivity contribution in [3.05, 3.63) is 35.6 Å². The molecule has 2 heterocycles. The van der Waals surface area contributed by atoms with Crippen LogP contribution in [-0.4, -0.2) is 37.0 Å². The van der Waals surface area contributed by atoms with Crippen molar-refractivity contribution in [2.24, 2.45) is 11.8 Å². The fourth-order valence-corrected chi connectivity index (χ4v) is 3.79. The first-order valence-corrected chi connectivity index (χ1v) is 8.37. The Hall–Kier alpha value is -1.13. The molecule has 0 aromatic heterocycles. The van der Waals surface area contributed by atoms with Crippen LogP contribution in [0.2, 0.25) is 0 Å². The van der Waals surface area contributed by atoms with Crippen LogP contribution in [0.5, 0.6) is 0 Å². The lowest BCUT2D eigenvalue weighted by Crippen LogP contribution is -2.33. The number of nitrogens with one attached hydrogen (secondary N) is 1. The van der Waals surface area contributed by atoms with Crippen molar-refractivity contribution in [3.8, 4) is 0 Å². The molecular weight excluding hydrogens is 315 g/mol. The topological polar surface area (TPSA) is 32.3 Å². The molecule has 0 saturated carbocycles. The molecule has 1 unspecified atom stereocenters. The Kier molecular flexibility index (Phi) is 6.42. The second-order valence-corrected chi connectivity index (χ2v) is 6.80. The fraction of sp³-hybridized carbons (Fsp3) is 0.611. The highest BCUT2D eigenvalue weighted by Crippen LogP contribution is 2.28. The van der Waals surface area contributed by atoms with Gasteiger partial charge >= 0.3 is 0 Å². The van der Waals surface area contributed by atoms with Crippen LogP contribution < -0.4 is 5.32 Å². The summed E-state index contributed by atoms with van der Waals surface area (Å²) in [5.41, 5.74) is 0.907. The summed E-state index contributed by atoms with van der Waals surface area (Å²) >= 11 is 0. The largest absolute Gasteiger partial charge is 0.343 e. The van der Waals surface area contributed by atoms with Gasteiger partial charge in [0, 0.05) is 19.5 Å². The number of hydrogen-bond acceptors (Lipinski definition) is 2. The van der Waals surface area contributed by atoms with Crippen LogP contribution in [0, 0.1) is 17.7 Å². The lowest BCUT2D eigenvalue weighted by Gasteiger charge is -2.23. The average Bonchev–Trinajstić information content (AvgIpc) is 2.85. The van der Waals surface area contributed by atoms with Gasteiger partial charge in [0.15, 0.2) is 0 Å². The molecule has 1 aromatic rings. The number of carbonyl (C=O) groups is 1. The molecule has 2 aliphatic heterocycles. The predicted octanol–water partition coefficient (Wildman–Crippen LogP) is 3.20. The monoisotopic (exact) mass is 340 g/mol. The summed E-state index contributed by atoms with van der Waals surface area (Å²) in [4.78, 5) is 14.6. The number of nitrogens with zero attached hydrogens (tertiary/aromatic N) is 1. The zero-order valence-electron chi connectivity index (χ0n) is 13.6. The van der Waals surface area contributed by atoms with E-state index in [2.05, 4.69) is 5.32 Å². The zero-order chi connectivity index (χ0) is 15.5. The lowest BCUT2D eigenvalue weighted by atomic mass is 9.92. The molecule has 3 rings (SSSR count). The van der Waals surface area contributed by atoms with Crippen molar-refractivity contribution in [1.82, 2.24) is 10.2 Å². The summed E-state index contributed by atoms with van der Waals surface area (Å²) in [7, 11) is 0. The van der Waals surface area contributed by atoms with Crippen molar-refractivity contribution >= 4 is 18.3 Å². The van der Waals surface area contributed by atoms with Crippen molar-refractivity contribution in [2.45, 2.75) is 32.1 Å². The van der Waals surface area contributed by atoms with E-state index in [0.29, 0.717) is 6.42 Å². The van der Waals surface area contributed by atoms with E-state index in [1.54, 1.807) is 6.07 Å². The Morgan fingerprint density at radius 2 is 1.96 bits per heavy atom. The van der Waals surface area contributed by atoms with Gasteiger partial charge in [0.2, 0.25) is 5.91 Å². The first-order valence-electron chi connectivity index (χ1n) is 8.37. The van der Waals surface area contributed by atoms with Gasteiger partial charge in [-0.05, 0) is 61.4 Å². The minimum atomic E-state index is -0.230. The number of rotatable bonds is 3. The standard InChI is InChI=1S/C18H25FN2O.ClH/c1-13(14-3-2-4-17(19)10-14)9-18(22)21-7-5-15-11-20-12-16(15)6-8-21;/h2-4,10,13,15-16,20H,5-9,11-12H2,1H3;1H/t13?,15-,16+;. The fourth-order valence-electron chi connectivity index (χ4n) is 3.79. The minimum absolute atomic E-state index is 0. The third-order valence-electron chi connectivity index (χ3n) is 5.27. The summed E-state index contributed by atoms with van der Waals surface area (Å²) in [6.07, 6.45) is 2.69. The van der Waals surface area contributed by atoms with E-state index >= 15 is 0 Å². The van der Waals surface area contributed by atoms with Crippen LogP contribution in [0.1, 0.15) is 37.7 Å². The van der Waals surface area contributed by atoms with E-state index < -0.39 is 0 Å². The van der Waals surface area contributed by atoms with Gasteiger partial charge in [0.1, 0.15) is 5.82 Å². The third kappa shape index (κ3) is 4.45. The van der Waals surface area contributed by atoms with Gasteiger partial charge in [0.05, 0.1) is 0 Å². The van der Waals surface area contributed by atoms with Crippen molar-refractivity contribution in [1.29, 1.82) is 0 Å². The Morgan fingerprint density at radius 1 is 1.30 bits per heavy atom. The van der Waals surface area contributed by atoms with Crippen LogP contribution in [0.15, 0.2) is 24.3 Å². The summed E-state index contributed by atoms with van der Waals surface area (Å²) in [5.74, 6) is 1.51. The molecule has 3 atom stereocenters. The highest BCUT2D eigenvalue weighted by molar-refractivity contribution is 5.85. The molecule has 1 aromatic carbocycles.